The molecule has 1 amide bonds. The Bertz CT molecular complexity index is 654. The highest BCUT2D eigenvalue weighted by molar-refractivity contribution is 7.12. The normalized spacial score (nSPS) is 10.7. The van der Waals surface area contributed by atoms with Crippen molar-refractivity contribution >= 4 is 23.5 Å². The van der Waals surface area contributed by atoms with Crippen molar-refractivity contribution in [2.24, 2.45) is 5.10 Å². The van der Waals surface area contributed by atoms with Crippen LogP contribution in [0.5, 0.6) is 11.5 Å². The monoisotopic (exact) mass is 332 g/mol. The average Bonchev–Trinajstić information content (AvgIpc) is 3.10. The number of amides is 1. The molecule has 0 unspecified atom stereocenters. The zero-order valence-corrected chi connectivity index (χ0v) is 14.1. The number of nitrogens with zero attached hydrogens (tertiary/aromatic N) is 1. The molecular formula is C17H20N2O3S. The van der Waals surface area contributed by atoms with Gasteiger partial charge >= 0.3 is 0 Å². The van der Waals surface area contributed by atoms with Crippen LogP contribution in [0, 0.1) is 0 Å². The van der Waals surface area contributed by atoms with Gasteiger partial charge in [0.2, 0.25) is 0 Å². The van der Waals surface area contributed by atoms with Crippen LogP contribution < -0.4 is 14.9 Å². The van der Waals surface area contributed by atoms with Crippen molar-refractivity contribution in [3.63, 3.8) is 0 Å². The number of ether oxygens (including phenoxy) is 2. The van der Waals surface area contributed by atoms with Gasteiger partial charge in [-0.05, 0) is 41.6 Å². The molecule has 1 aromatic carbocycles. The third-order valence-corrected chi connectivity index (χ3v) is 3.94. The van der Waals surface area contributed by atoms with Crippen molar-refractivity contribution in [1.82, 2.24) is 5.43 Å². The van der Waals surface area contributed by atoms with E-state index in [4.69, 9.17) is 9.47 Å². The molecule has 0 saturated carbocycles. The lowest BCUT2D eigenvalue weighted by atomic mass is 10.2. The van der Waals surface area contributed by atoms with E-state index >= 15 is 0 Å². The molecule has 0 bridgehead atoms. The number of hydrogen-bond donors (Lipinski definition) is 1. The Morgan fingerprint density at radius 2 is 2.22 bits per heavy atom. The van der Waals surface area contributed by atoms with Crippen LogP contribution in [-0.4, -0.2) is 25.8 Å². The molecular weight excluding hydrogens is 312 g/mol. The van der Waals surface area contributed by atoms with E-state index in [9.17, 15) is 4.79 Å². The minimum Gasteiger partial charge on any atom is -0.493 e. The fourth-order valence-electron chi connectivity index (χ4n) is 1.84. The Kier molecular flexibility index (Phi) is 6.62. The summed E-state index contributed by atoms with van der Waals surface area (Å²) in [6.45, 7) is 2.75. The maximum atomic E-state index is 11.8. The van der Waals surface area contributed by atoms with E-state index in [1.54, 1.807) is 19.4 Å². The lowest BCUT2D eigenvalue weighted by Crippen LogP contribution is -2.16. The van der Waals surface area contributed by atoms with Gasteiger partial charge in [-0.15, -0.1) is 11.3 Å². The van der Waals surface area contributed by atoms with Crippen molar-refractivity contribution in [3.05, 3.63) is 46.2 Å². The maximum absolute atomic E-state index is 11.8. The van der Waals surface area contributed by atoms with Crippen LogP contribution >= 0.6 is 11.3 Å². The molecule has 0 aliphatic heterocycles. The van der Waals surface area contributed by atoms with Crippen molar-refractivity contribution in [1.29, 1.82) is 0 Å². The van der Waals surface area contributed by atoms with E-state index in [0.717, 1.165) is 18.4 Å². The largest absolute Gasteiger partial charge is 0.493 e. The van der Waals surface area contributed by atoms with Gasteiger partial charge in [-0.2, -0.15) is 5.10 Å². The number of unbranched alkanes of at least 4 members (excludes halogenated alkanes) is 1. The van der Waals surface area contributed by atoms with Crippen LogP contribution in [-0.2, 0) is 0 Å². The molecule has 23 heavy (non-hydrogen) atoms. The van der Waals surface area contributed by atoms with Gasteiger partial charge in [0.25, 0.3) is 5.91 Å². The number of hydrogen-bond acceptors (Lipinski definition) is 5. The number of carbonyl (C=O) groups is 1. The van der Waals surface area contributed by atoms with E-state index in [1.807, 2.05) is 29.6 Å². The summed E-state index contributed by atoms with van der Waals surface area (Å²) >= 11 is 1.37. The van der Waals surface area contributed by atoms with Gasteiger partial charge in [-0.3, -0.25) is 4.79 Å². The van der Waals surface area contributed by atoms with Crippen LogP contribution in [0.25, 0.3) is 0 Å². The first-order valence-corrected chi connectivity index (χ1v) is 8.30. The second-order valence-corrected chi connectivity index (χ2v) is 5.74. The number of carbonyl (C=O) groups excluding carboxylic acids is 1. The molecule has 0 radical (unpaired) electrons. The topological polar surface area (TPSA) is 59.9 Å². The molecule has 0 spiro atoms. The molecule has 0 fully saturated rings. The summed E-state index contributed by atoms with van der Waals surface area (Å²) in [4.78, 5) is 12.4. The molecule has 1 heterocycles. The van der Waals surface area contributed by atoms with Crippen LogP contribution in [0.15, 0.2) is 40.8 Å². The van der Waals surface area contributed by atoms with Crippen LogP contribution in [0.3, 0.4) is 0 Å². The molecule has 2 rings (SSSR count). The van der Waals surface area contributed by atoms with Gasteiger partial charge < -0.3 is 9.47 Å². The maximum Gasteiger partial charge on any atom is 0.281 e. The van der Waals surface area contributed by atoms with Crippen molar-refractivity contribution in [2.45, 2.75) is 19.8 Å². The number of rotatable bonds is 8. The number of methoxy groups -OCH3 is 1. The summed E-state index contributed by atoms with van der Waals surface area (Å²) in [5, 5.41) is 5.83. The molecule has 6 heteroatoms. The lowest BCUT2D eigenvalue weighted by molar-refractivity contribution is 0.0959. The second kappa shape index (κ2) is 8.95. The quantitative estimate of drug-likeness (QED) is 0.455. The number of nitrogens with one attached hydrogen (secondary N) is 1. The Morgan fingerprint density at radius 3 is 2.91 bits per heavy atom. The molecule has 0 atom stereocenters. The van der Waals surface area contributed by atoms with Crippen LogP contribution in [0.2, 0.25) is 0 Å². The Morgan fingerprint density at radius 1 is 1.35 bits per heavy atom. The van der Waals surface area contributed by atoms with E-state index in [-0.39, 0.29) is 5.91 Å². The van der Waals surface area contributed by atoms with Crippen LogP contribution in [0.4, 0.5) is 0 Å². The Labute approximate surface area is 139 Å². The van der Waals surface area contributed by atoms with Gasteiger partial charge in [0, 0.05) is 0 Å². The lowest BCUT2D eigenvalue weighted by Gasteiger charge is -2.10. The summed E-state index contributed by atoms with van der Waals surface area (Å²) in [5.41, 5.74) is 3.33. The Balaban J connectivity index is 2.00. The molecule has 1 aromatic heterocycles. The third kappa shape index (κ3) is 5.10. The zero-order chi connectivity index (χ0) is 16.5. The SMILES string of the molecule is CCCCOc1cc(/C=N\NC(=O)c2cccs2)ccc1OC. The molecule has 122 valence electrons. The first-order chi connectivity index (χ1) is 11.2. The molecule has 0 aliphatic carbocycles. The highest BCUT2D eigenvalue weighted by atomic mass is 32.1. The minimum atomic E-state index is -0.218. The molecule has 0 aliphatic rings. The molecule has 1 N–H and O–H groups in total. The zero-order valence-electron chi connectivity index (χ0n) is 13.2. The predicted molar refractivity (Wildman–Crippen MR) is 92.8 cm³/mol. The van der Waals surface area contributed by atoms with E-state index < -0.39 is 0 Å². The summed E-state index contributed by atoms with van der Waals surface area (Å²) in [6, 6.07) is 9.10. The van der Waals surface area contributed by atoms with Gasteiger partial charge in [0.1, 0.15) is 0 Å². The van der Waals surface area contributed by atoms with E-state index in [0.29, 0.717) is 23.0 Å². The highest BCUT2D eigenvalue weighted by Gasteiger charge is 2.06. The first-order valence-electron chi connectivity index (χ1n) is 7.42. The fourth-order valence-corrected chi connectivity index (χ4v) is 2.45. The van der Waals surface area contributed by atoms with Crippen molar-refractivity contribution in [3.8, 4) is 11.5 Å². The minimum absolute atomic E-state index is 0.218. The van der Waals surface area contributed by atoms with Gasteiger partial charge in [0.05, 0.1) is 24.8 Å². The second-order valence-electron chi connectivity index (χ2n) is 4.79. The standard InChI is InChI=1S/C17H20N2O3S/c1-3-4-9-22-15-11-13(7-8-14(15)21-2)12-18-19-17(20)16-6-5-10-23-16/h5-8,10-12H,3-4,9H2,1-2H3,(H,19,20)/b18-12-. The highest BCUT2D eigenvalue weighted by Crippen LogP contribution is 2.27. The Hall–Kier alpha value is -2.34. The predicted octanol–water partition coefficient (Wildman–Crippen LogP) is 3.70. The van der Waals surface area contributed by atoms with Gasteiger partial charge in [0.15, 0.2) is 11.5 Å². The molecule has 0 saturated heterocycles. The van der Waals surface area contributed by atoms with E-state index in [1.165, 1.54) is 11.3 Å². The average molecular weight is 332 g/mol. The summed E-state index contributed by atoms with van der Waals surface area (Å²) in [5.74, 6) is 1.14. The summed E-state index contributed by atoms with van der Waals surface area (Å²) < 4.78 is 11.0. The van der Waals surface area contributed by atoms with Crippen LogP contribution in [0.1, 0.15) is 35.0 Å². The first kappa shape index (κ1) is 17.0. The molecule has 5 nitrogen and oxygen atoms in total. The third-order valence-electron chi connectivity index (χ3n) is 3.07. The number of thiophene rings is 1. The van der Waals surface area contributed by atoms with Crippen molar-refractivity contribution in [2.75, 3.05) is 13.7 Å². The van der Waals surface area contributed by atoms with E-state index in [2.05, 4.69) is 17.5 Å². The van der Waals surface area contributed by atoms with Gasteiger partial charge in [-0.1, -0.05) is 19.4 Å². The van der Waals surface area contributed by atoms with Gasteiger partial charge in [-0.25, -0.2) is 5.43 Å². The summed E-state index contributed by atoms with van der Waals surface area (Å²) in [7, 11) is 1.61. The molecule has 2 aromatic rings. The number of hydrazone groups is 1. The summed E-state index contributed by atoms with van der Waals surface area (Å²) in [6.07, 6.45) is 3.63. The smallest absolute Gasteiger partial charge is 0.281 e. The van der Waals surface area contributed by atoms with Crippen molar-refractivity contribution < 1.29 is 14.3 Å². The fraction of sp³-hybridized carbons (Fsp3) is 0.294. The number of benzene rings is 1.